The Hall–Kier alpha value is -2.55. The van der Waals surface area contributed by atoms with Gasteiger partial charge in [-0.15, -0.1) is 0 Å². The van der Waals surface area contributed by atoms with E-state index in [9.17, 15) is 17.6 Å². The molecule has 0 radical (unpaired) electrons. The summed E-state index contributed by atoms with van der Waals surface area (Å²) in [6.45, 7) is 17.5. The number of halogens is 4. The van der Waals surface area contributed by atoms with Gasteiger partial charge >= 0.3 is 6.18 Å². The Balaban J connectivity index is 1.76. The van der Waals surface area contributed by atoms with Crippen LogP contribution in [-0.4, -0.2) is 13.3 Å². The lowest BCUT2D eigenvalue weighted by Crippen LogP contribution is -2.44. The molecule has 8 heteroatoms. The summed E-state index contributed by atoms with van der Waals surface area (Å²) in [5, 5.41) is -0.0185. The highest BCUT2D eigenvalue weighted by atomic mass is 28.4. The number of aromatic nitrogens is 1. The lowest BCUT2D eigenvalue weighted by atomic mass is 9.72. The predicted molar refractivity (Wildman–Crippen MR) is 156 cm³/mol. The molecular formula is C33H39F4NO2Si. The molecule has 41 heavy (non-hydrogen) atoms. The second kappa shape index (κ2) is 10.0. The maximum absolute atomic E-state index is 14.1. The van der Waals surface area contributed by atoms with Crippen molar-refractivity contribution < 1.29 is 26.7 Å². The fourth-order valence-corrected chi connectivity index (χ4v) is 7.12. The third-order valence-corrected chi connectivity index (χ3v) is 13.5. The summed E-state index contributed by atoms with van der Waals surface area (Å²) in [6, 6.07) is 11.6. The smallest absolute Gasteiger partial charge is 0.410 e. The Kier molecular flexibility index (Phi) is 7.32. The standard InChI is InChI=1S/C33H39F4NO2Si/c1-19-29-28(30(39-19)21-9-13-22(14-10-21)33(35,36)37)26(20-11-15-23(34)16-12-20)27-24(38-29)17-32(5,6)18-25(27)40-41(7,8)31(2,3)4/h9-16,19,25,30H,17-18H2,1-8H3/t19?,25-,30?/m0/s1. The molecule has 0 fully saturated rings. The molecular weight excluding hydrogens is 546 g/mol. The summed E-state index contributed by atoms with van der Waals surface area (Å²) in [6.07, 6.45) is -4.12. The van der Waals surface area contributed by atoms with Crippen LogP contribution >= 0.6 is 0 Å². The van der Waals surface area contributed by atoms with Crippen molar-refractivity contribution in [3.63, 3.8) is 0 Å². The Bertz CT molecular complexity index is 1440. The van der Waals surface area contributed by atoms with Crippen LogP contribution in [0.4, 0.5) is 17.6 Å². The van der Waals surface area contributed by atoms with E-state index in [1.807, 2.05) is 6.92 Å². The van der Waals surface area contributed by atoms with Crippen LogP contribution in [0.15, 0.2) is 48.5 Å². The van der Waals surface area contributed by atoms with Gasteiger partial charge in [0.15, 0.2) is 8.32 Å². The van der Waals surface area contributed by atoms with Gasteiger partial charge in [0, 0.05) is 16.8 Å². The van der Waals surface area contributed by atoms with E-state index in [0.717, 1.165) is 58.6 Å². The van der Waals surface area contributed by atoms with Crippen LogP contribution in [0, 0.1) is 11.2 Å². The molecule has 0 bridgehead atoms. The number of pyridine rings is 1. The molecule has 220 valence electrons. The van der Waals surface area contributed by atoms with E-state index in [1.165, 1.54) is 24.3 Å². The van der Waals surface area contributed by atoms with Crippen molar-refractivity contribution in [2.24, 2.45) is 5.41 Å². The Morgan fingerprint density at radius 2 is 1.56 bits per heavy atom. The molecule has 1 aliphatic carbocycles. The molecule has 3 nitrogen and oxygen atoms in total. The molecule has 0 saturated carbocycles. The molecule has 2 aliphatic rings. The third kappa shape index (κ3) is 5.63. The number of benzene rings is 2. The summed E-state index contributed by atoms with van der Waals surface area (Å²) in [5.74, 6) is -0.340. The van der Waals surface area contributed by atoms with E-state index < -0.39 is 26.2 Å². The average molecular weight is 586 g/mol. The monoisotopic (exact) mass is 585 g/mol. The lowest BCUT2D eigenvalue weighted by molar-refractivity contribution is -0.137. The molecule has 5 rings (SSSR count). The van der Waals surface area contributed by atoms with Crippen molar-refractivity contribution in [2.45, 2.75) is 97.0 Å². The Morgan fingerprint density at radius 3 is 2.12 bits per heavy atom. The minimum Gasteiger partial charge on any atom is -0.410 e. The first-order chi connectivity index (χ1) is 18.9. The van der Waals surface area contributed by atoms with Gasteiger partial charge in [0.05, 0.1) is 23.5 Å². The van der Waals surface area contributed by atoms with Crippen molar-refractivity contribution in [1.82, 2.24) is 4.98 Å². The van der Waals surface area contributed by atoms with Gasteiger partial charge in [0.25, 0.3) is 0 Å². The van der Waals surface area contributed by atoms with Crippen LogP contribution in [0.25, 0.3) is 11.1 Å². The first-order valence-electron chi connectivity index (χ1n) is 14.2. The molecule has 0 amide bonds. The zero-order valence-corrected chi connectivity index (χ0v) is 26.0. The second-order valence-corrected chi connectivity index (χ2v) is 18.6. The van der Waals surface area contributed by atoms with E-state index in [0.29, 0.717) is 5.56 Å². The van der Waals surface area contributed by atoms with Gasteiger partial charge in [-0.1, -0.05) is 58.9 Å². The second-order valence-electron chi connectivity index (χ2n) is 13.8. The highest BCUT2D eigenvalue weighted by Gasteiger charge is 2.46. The number of rotatable bonds is 4. The van der Waals surface area contributed by atoms with Crippen LogP contribution in [0.2, 0.25) is 18.1 Å². The van der Waals surface area contributed by atoms with Crippen molar-refractivity contribution in [2.75, 3.05) is 0 Å². The van der Waals surface area contributed by atoms with Gasteiger partial charge in [-0.3, -0.25) is 4.98 Å². The van der Waals surface area contributed by atoms with Crippen LogP contribution in [0.3, 0.4) is 0 Å². The van der Waals surface area contributed by atoms with Crippen molar-refractivity contribution >= 4 is 8.32 Å². The fraction of sp³-hybridized carbons (Fsp3) is 0.485. The number of fused-ring (bicyclic) bond motifs is 2. The van der Waals surface area contributed by atoms with Crippen LogP contribution in [0.1, 0.15) is 99.9 Å². The average Bonchev–Trinajstić information content (AvgIpc) is 3.17. The molecule has 3 aromatic rings. The largest absolute Gasteiger partial charge is 0.416 e. The van der Waals surface area contributed by atoms with Crippen molar-refractivity contribution in [3.8, 4) is 11.1 Å². The highest BCUT2D eigenvalue weighted by molar-refractivity contribution is 6.74. The topological polar surface area (TPSA) is 31.4 Å². The van der Waals surface area contributed by atoms with E-state index in [1.54, 1.807) is 12.1 Å². The van der Waals surface area contributed by atoms with Crippen LogP contribution in [-0.2, 0) is 21.8 Å². The number of nitrogens with zero attached hydrogens (tertiary/aromatic N) is 1. The first kappa shape index (κ1) is 29.9. The molecule has 2 aromatic carbocycles. The zero-order valence-electron chi connectivity index (χ0n) is 25.0. The van der Waals surface area contributed by atoms with Gasteiger partial charge in [-0.25, -0.2) is 4.39 Å². The van der Waals surface area contributed by atoms with E-state index >= 15 is 0 Å². The van der Waals surface area contributed by atoms with Gasteiger partial charge in [0.2, 0.25) is 0 Å². The Labute approximate surface area is 241 Å². The lowest BCUT2D eigenvalue weighted by Gasteiger charge is -2.45. The molecule has 0 spiro atoms. The van der Waals surface area contributed by atoms with Gasteiger partial charge in [-0.05, 0) is 84.3 Å². The van der Waals surface area contributed by atoms with E-state index in [-0.39, 0.29) is 28.5 Å². The molecule has 0 saturated heterocycles. The quantitative estimate of drug-likeness (QED) is 0.226. The van der Waals surface area contributed by atoms with Crippen LogP contribution in [0.5, 0.6) is 0 Å². The van der Waals surface area contributed by atoms with E-state index in [4.69, 9.17) is 14.1 Å². The molecule has 3 atom stereocenters. The molecule has 2 heterocycles. The summed E-state index contributed by atoms with van der Waals surface area (Å²) in [7, 11) is -2.23. The minimum absolute atomic E-state index is 0.0185. The van der Waals surface area contributed by atoms with E-state index in [2.05, 4.69) is 47.7 Å². The summed E-state index contributed by atoms with van der Waals surface area (Å²) < 4.78 is 67.7. The molecule has 2 unspecified atom stereocenters. The number of ether oxygens (including phenoxy) is 1. The number of hydrogen-bond acceptors (Lipinski definition) is 3. The SMILES string of the molecule is CC1OC(c2ccc(C(F)(F)F)cc2)c2c1nc1c(c2-c2ccc(F)cc2)[C@@H](O[Si](C)(C)C(C)(C)C)CC(C)(C)C1. The Morgan fingerprint density at radius 1 is 0.951 bits per heavy atom. The van der Waals surface area contributed by atoms with Crippen LogP contribution < -0.4 is 0 Å². The summed E-state index contributed by atoms with van der Waals surface area (Å²) in [4.78, 5) is 5.21. The van der Waals surface area contributed by atoms with Gasteiger partial charge < -0.3 is 9.16 Å². The van der Waals surface area contributed by atoms with Crippen molar-refractivity contribution in [1.29, 1.82) is 0 Å². The summed E-state index contributed by atoms with van der Waals surface area (Å²) >= 11 is 0. The van der Waals surface area contributed by atoms with Gasteiger partial charge in [-0.2, -0.15) is 13.2 Å². The normalized spacial score (nSPS) is 22.4. The zero-order chi connectivity index (χ0) is 30.1. The summed E-state index contributed by atoms with van der Waals surface area (Å²) in [5.41, 5.74) is 5.12. The van der Waals surface area contributed by atoms with Gasteiger partial charge in [0.1, 0.15) is 11.9 Å². The molecule has 1 aromatic heterocycles. The third-order valence-electron chi connectivity index (χ3n) is 8.99. The maximum Gasteiger partial charge on any atom is 0.416 e. The minimum atomic E-state index is -4.43. The maximum atomic E-state index is 14.1. The predicted octanol–water partition coefficient (Wildman–Crippen LogP) is 10.1. The molecule has 1 aliphatic heterocycles. The first-order valence-corrected chi connectivity index (χ1v) is 17.1. The number of alkyl halides is 3. The molecule has 0 N–H and O–H groups in total. The highest BCUT2D eigenvalue weighted by Crippen LogP contribution is 2.55. The van der Waals surface area contributed by atoms with Crippen molar-refractivity contribution in [3.05, 3.63) is 88.0 Å². The number of hydrogen-bond donors (Lipinski definition) is 0. The fourth-order valence-electron chi connectivity index (χ4n) is 5.86.